The van der Waals surface area contributed by atoms with Crippen LogP contribution in [-0.4, -0.2) is 18.2 Å². The number of aliphatic hydroxyl groups excluding tert-OH is 1. The van der Waals surface area contributed by atoms with Crippen LogP contribution in [0.4, 0.5) is 5.69 Å². The van der Waals surface area contributed by atoms with Crippen LogP contribution in [0.5, 0.6) is 0 Å². The van der Waals surface area contributed by atoms with Crippen LogP contribution in [0, 0.1) is 5.92 Å². The largest absolute Gasteiger partial charge is 0.389 e. The van der Waals surface area contributed by atoms with Gasteiger partial charge in [-0.25, -0.2) is 0 Å². The smallest absolute Gasteiger partial charge is 0.0762 e. The van der Waals surface area contributed by atoms with Gasteiger partial charge in [0.2, 0.25) is 0 Å². The Morgan fingerprint density at radius 3 is 2.45 bits per heavy atom. The average Bonchev–Trinajstić information content (AvgIpc) is 2.46. The molecule has 2 rings (SSSR count). The van der Waals surface area contributed by atoms with Crippen LogP contribution in [-0.2, 0) is 0 Å². The van der Waals surface area contributed by atoms with E-state index < -0.39 is 6.10 Å². The van der Waals surface area contributed by atoms with Crippen molar-refractivity contribution in [1.29, 1.82) is 0 Å². The Kier molecular flexibility index (Phi) is 5.50. The van der Waals surface area contributed by atoms with Crippen molar-refractivity contribution in [2.45, 2.75) is 58.1 Å². The molecule has 0 unspecified atom stereocenters. The lowest BCUT2D eigenvalue weighted by molar-refractivity contribution is 0.199. The molecule has 0 saturated heterocycles. The molecule has 20 heavy (non-hydrogen) atoms. The van der Waals surface area contributed by atoms with E-state index in [9.17, 15) is 5.11 Å². The molecule has 1 aromatic rings. The predicted octanol–water partition coefficient (Wildman–Crippen LogP) is 4.91. The summed E-state index contributed by atoms with van der Waals surface area (Å²) in [6.45, 7) is 4.11. The summed E-state index contributed by atoms with van der Waals surface area (Å²) < 4.78 is 1.08. The van der Waals surface area contributed by atoms with Crippen molar-refractivity contribution >= 4 is 21.6 Å². The van der Waals surface area contributed by atoms with Crippen LogP contribution >= 0.6 is 15.9 Å². The second-order valence-corrected chi connectivity index (χ2v) is 6.93. The molecule has 3 heteroatoms. The van der Waals surface area contributed by atoms with Crippen LogP contribution in [0.25, 0.3) is 0 Å². The standard InChI is InChI=1S/C17H26BrNO/c1-4-13-5-8-15(9-6-13)19(3)17-10-7-14(12(2)20)11-16(17)18/h7,10-13,15,20H,4-6,8-9H2,1-3H3/t12-,13?,15?/m1/s1. The molecule has 1 aliphatic carbocycles. The third-order valence-corrected chi connectivity index (χ3v) is 5.41. The molecular weight excluding hydrogens is 314 g/mol. The Morgan fingerprint density at radius 1 is 1.30 bits per heavy atom. The maximum absolute atomic E-state index is 9.65. The van der Waals surface area contributed by atoms with Crippen molar-refractivity contribution in [3.63, 3.8) is 0 Å². The van der Waals surface area contributed by atoms with Gasteiger partial charge < -0.3 is 10.0 Å². The lowest BCUT2D eigenvalue weighted by atomic mass is 9.84. The molecule has 1 aliphatic rings. The summed E-state index contributed by atoms with van der Waals surface area (Å²) in [5, 5.41) is 9.65. The first kappa shape index (κ1) is 15.8. The third-order valence-electron chi connectivity index (χ3n) is 4.78. The highest BCUT2D eigenvalue weighted by molar-refractivity contribution is 9.10. The third kappa shape index (κ3) is 3.56. The number of aliphatic hydroxyl groups is 1. The number of benzene rings is 1. The Morgan fingerprint density at radius 2 is 1.95 bits per heavy atom. The van der Waals surface area contributed by atoms with Gasteiger partial charge in [-0.15, -0.1) is 0 Å². The van der Waals surface area contributed by atoms with Crippen LogP contribution in [0.3, 0.4) is 0 Å². The minimum atomic E-state index is -0.411. The fraction of sp³-hybridized carbons (Fsp3) is 0.647. The van der Waals surface area contributed by atoms with Crippen molar-refractivity contribution in [2.75, 3.05) is 11.9 Å². The van der Waals surface area contributed by atoms with Gasteiger partial charge in [-0.1, -0.05) is 19.4 Å². The minimum Gasteiger partial charge on any atom is -0.389 e. The van der Waals surface area contributed by atoms with E-state index in [1.807, 2.05) is 12.1 Å². The van der Waals surface area contributed by atoms with E-state index in [0.717, 1.165) is 16.0 Å². The lowest BCUT2D eigenvalue weighted by Gasteiger charge is -2.36. The van der Waals surface area contributed by atoms with Gasteiger partial charge in [0.1, 0.15) is 0 Å². The zero-order valence-electron chi connectivity index (χ0n) is 12.8. The molecule has 0 radical (unpaired) electrons. The molecule has 0 bridgehead atoms. The number of hydrogen-bond acceptors (Lipinski definition) is 2. The van der Waals surface area contributed by atoms with Gasteiger partial charge >= 0.3 is 0 Å². The van der Waals surface area contributed by atoms with Crippen LogP contribution in [0.1, 0.15) is 57.6 Å². The van der Waals surface area contributed by atoms with Crippen molar-refractivity contribution in [3.8, 4) is 0 Å². The van der Waals surface area contributed by atoms with E-state index >= 15 is 0 Å². The Hall–Kier alpha value is -0.540. The van der Waals surface area contributed by atoms with Crippen LogP contribution < -0.4 is 4.90 Å². The number of nitrogens with zero attached hydrogens (tertiary/aromatic N) is 1. The SMILES string of the molecule is CCC1CCC(N(C)c2ccc([C@@H](C)O)cc2Br)CC1. The van der Waals surface area contributed by atoms with Crippen molar-refractivity contribution < 1.29 is 5.11 Å². The Balaban J connectivity index is 2.07. The van der Waals surface area contributed by atoms with Gasteiger partial charge in [-0.05, 0) is 72.2 Å². The average molecular weight is 340 g/mol. The number of rotatable bonds is 4. The quantitative estimate of drug-likeness (QED) is 0.842. The first-order valence-corrected chi connectivity index (χ1v) is 8.52. The summed E-state index contributed by atoms with van der Waals surface area (Å²) in [6.07, 6.45) is 6.21. The lowest BCUT2D eigenvalue weighted by Crippen LogP contribution is -2.35. The maximum atomic E-state index is 9.65. The highest BCUT2D eigenvalue weighted by Crippen LogP contribution is 2.35. The first-order chi connectivity index (χ1) is 9.52. The van der Waals surface area contributed by atoms with Crippen LogP contribution in [0.2, 0.25) is 0 Å². The van der Waals surface area contributed by atoms with Gasteiger partial charge in [-0.3, -0.25) is 0 Å². The monoisotopic (exact) mass is 339 g/mol. The predicted molar refractivity (Wildman–Crippen MR) is 89.2 cm³/mol. The van der Waals surface area contributed by atoms with E-state index in [4.69, 9.17) is 0 Å². The van der Waals surface area contributed by atoms with Crippen LogP contribution in [0.15, 0.2) is 22.7 Å². The Labute approximate surface area is 131 Å². The molecular formula is C17H26BrNO. The molecule has 2 nitrogen and oxygen atoms in total. The first-order valence-electron chi connectivity index (χ1n) is 7.73. The maximum Gasteiger partial charge on any atom is 0.0762 e. The molecule has 0 aromatic heterocycles. The van der Waals surface area contributed by atoms with Gasteiger partial charge in [-0.2, -0.15) is 0 Å². The molecule has 1 N–H and O–H groups in total. The van der Waals surface area contributed by atoms with E-state index in [2.05, 4.69) is 40.9 Å². The summed E-state index contributed by atoms with van der Waals surface area (Å²) in [7, 11) is 2.19. The molecule has 1 aromatic carbocycles. The molecule has 1 atom stereocenters. The van der Waals surface area contributed by atoms with E-state index in [-0.39, 0.29) is 0 Å². The number of halogens is 1. The van der Waals surface area contributed by atoms with Crippen molar-refractivity contribution in [2.24, 2.45) is 5.92 Å². The molecule has 0 spiro atoms. The zero-order valence-corrected chi connectivity index (χ0v) is 14.4. The highest BCUT2D eigenvalue weighted by Gasteiger charge is 2.24. The molecule has 0 aliphatic heterocycles. The second kappa shape index (κ2) is 6.95. The number of hydrogen-bond donors (Lipinski definition) is 1. The summed E-state index contributed by atoms with van der Waals surface area (Å²) in [5.41, 5.74) is 2.19. The normalized spacial score (nSPS) is 24.4. The van der Waals surface area contributed by atoms with E-state index in [1.54, 1.807) is 6.92 Å². The number of anilines is 1. The van der Waals surface area contributed by atoms with Crippen molar-refractivity contribution in [3.05, 3.63) is 28.2 Å². The topological polar surface area (TPSA) is 23.5 Å². The van der Waals surface area contributed by atoms with Gasteiger partial charge in [0, 0.05) is 17.6 Å². The molecule has 1 saturated carbocycles. The summed E-state index contributed by atoms with van der Waals surface area (Å²) in [4.78, 5) is 2.40. The molecule has 112 valence electrons. The highest BCUT2D eigenvalue weighted by atomic mass is 79.9. The molecule has 0 amide bonds. The van der Waals surface area contributed by atoms with Crippen molar-refractivity contribution in [1.82, 2.24) is 0 Å². The second-order valence-electron chi connectivity index (χ2n) is 6.08. The van der Waals surface area contributed by atoms with Gasteiger partial charge in [0.25, 0.3) is 0 Å². The molecule has 0 heterocycles. The Bertz CT molecular complexity index is 439. The van der Waals surface area contributed by atoms with E-state index in [0.29, 0.717) is 6.04 Å². The van der Waals surface area contributed by atoms with Gasteiger partial charge in [0.05, 0.1) is 11.8 Å². The summed E-state index contributed by atoms with van der Waals surface area (Å²) in [6, 6.07) is 6.83. The minimum absolute atomic E-state index is 0.411. The fourth-order valence-electron chi connectivity index (χ4n) is 3.21. The van der Waals surface area contributed by atoms with Gasteiger partial charge in [0.15, 0.2) is 0 Å². The summed E-state index contributed by atoms with van der Waals surface area (Å²) in [5.74, 6) is 0.931. The van der Waals surface area contributed by atoms with E-state index in [1.165, 1.54) is 37.8 Å². The zero-order chi connectivity index (χ0) is 14.7. The summed E-state index contributed by atoms with van der Waals surface area (Å²) >= 11 is 3.66. The molecule has 1 fully saturated rings. The fourth-order valence-corrected chi connectivity index (χ4v) is 3.88.